The van der Waals surface area contributed by atoms with Gasteiger partial charge >= 0.3 is 6.18 Å². The van der Waals surface area contributed by atoms with Gasteiger partial charge in [-0.1, -0.05) is 42.8 Å². The van der Waals surface area contributed by atoms with E-state index >= 15 is 0 Å². The van der Waals surface area contributed by atoms with Crippen LogP contribution in [-0.2, 0) is 11.0 Å². The van der Waals surface area contributed by atoms with Crippen molar-refractivity contribution in [2.45, 2.75) is 31.5 Å². The normalized spacial score (nSPS) is 16.9. The number of rotatable bonds is 4. The average Bonchev–Trinajstić information content (AvgIpc) is 2.63. The van der Waals surface area contributed by atoms with Crippen molar-refractivity contribution in [3.63, 3.8) is 0 Å². The maximum absolute atomic E-state index is 12.9. The first kappa shape index (κ1) is 18.5. The first-order valence-electron chi connectivity index (χ1n) is 8.72. The number of hydrogen-bond donors (Lipinski definition) is 1. The summed E-state index contributed by atoms with van der Waals surface area (Å²) < 4.78 is 38.7. The van der Waals surface area contributed by atoms with Crippen LogP contribution in [0.4, 0.5) is 18.9 Å². The highest BCUT2D eigenvalue weighted by atomic mass is 19.4. The zero-order valence-corrected chi connectivity index (χ0v) is 14.3. The van der Waals surface area contributed by atoms with Gasteiger partial charge in [0.2, 0.25) is 5.91 Å². The molecule has 0 spiro atoms. The highest BCUT2D eigenvalue weighted by Gasteiger charge is 2.32. The van der Waals surface area contributed by atoms with Crippen LogP contribution >= 0.6 is 0 Å². The van der Waals surface area contributed by atoms with Crippen molar-refractivity contribution in [3.8, 4) is 0 Å². The number of benzene rings is 2. The highest BCUT2D eigenvalue weighted by molar-refractivity contribution is 5.95. The molecule has 1 saturated heterocycles. The Balaban J connectivity index is 1.84. The lowest BCUT2D eigenvalue weighted by Crippen LogP contribution is -2.40. The molecule has 2 aromatic rings. The number of piperidine rings is 1. The van der Waals surface area contributed by atoms with Crippen LogP contribution < -0.4 is 5.32 Å². The molecule has 1 aliphatic heterocycles. The molecular weight excluding hydrogens is 341 g/mol. The number of carbonyl (C=O) groups is 1. The quantitative estimate of drug-likeness (QED) is 0.841. The molecule has 0 radical (unpaired) electrons. The fourth-order valence-corrected chi connectivity index (χ4v) is 3.32. The van der Waals surface area contributed by atoms with E-state index in [4.69, 9.17) is 0 Å². The smallest absolute Gasteiger partial charge is 0.324 e. The molecule has 26 heavy (non-hydrogen) atoms. The summed E-state index contributed by atoms with van der Waals surface area (Å²) in [5, 5.41) is 2.67. The second kappa shape index (κ2) is 7.91. The van der Waals surface area contributed by atoms with Gasteiger partial charge in [0.25, 0.3) is 0 Å². The fraction of sp³-hybridized carbons (Fsp3) is 0.350. The zero-order chi connectivity index (χ0) is 18.6. The van der Waals surface area contributed by atoms with Gasteiger partial charge in [-0.3, -0.25) is 9.69 Å². The van der Waals surface area contributed by atoms with E-state index in [-0.39, 0.29) is 11.6 Å². The topological polar surface area (TPSA) is 32.3 Å². The monoisotopic (exact) mass is 362 g/mol. The van der Waals surface area contributed by atoms with Gasteiger partial charge in [0.15, 0.2) is 0 Å². The van der Waals surface area contributed by atoms with Gasteiger partial charge in [-0.15, -0.1) is 0 Å². The first-order valence-corrected chi connectivity index (χ1v) is 8.72. The number of amides is 1. The lowest BCUT2D eigenvalue weighted by atomic mass is 10.0. The number of alkyl halides is 3. The van der Waals surface area contributed by atoms with E-state index in [1.54, 1.807) is 0 Å². The predicted molar refractivity (Wildman–Crippen MR) is 94.7 cm³/mol. The average molecular weight is 362 g/mol. The van der Waals surface area contributed by atoms with Gasteiger partial charge in [0, 0.05) is 5.69 Å². The molecule has 1 amide bonds. The molecule has 1 aliphatic rings. The number of halogens is 3. The molecule has 1 fully saturated rings. The van der Waals surface area contributed by atoms with Crippen molar-refractivity contribution in [2.75, 3.05) is 18.4 Å². The summed E-state index contributed by atoms with van der Waals surface area (Å²) in [6, 6.07) is 13.6. The molecule has 0 bridgehead atoms. The van der Waals surface area contributed by atoms with E-state index in [1.165, 1.54) is 12.1 Å². The maximum atomic E-state index is 12.9. The van der Waals surface area contributed by atoms with E-state index in [0.717, 1.165) is 50.0 Å². The molecule has 1 atom stereocenters. The Bertz CT molecular complexity index is 740. The minimum Gasteiger partial charge on any atom is -0.324 e. The van der Waals surface area contributed by atoms with E-state index in [9.17, 15) is 18.0 Å². The van der Waals surface area contributed by atoms with Gasteiger partial charge in [0.05, 0.1) is 5.56 Å². The second-order valence-corrected chi connectivity index (χ2v) is 6.48. The molecule has 138 valence electrons. The minimum atomic E-state index is -4.44. The summed E-state index contributed by atoms with van der Waals surface area (Å²) in [4.78, 5) is 15.0. The Morgan fingerprint density at radius 2 is 1.65 bits per heavy atom. The number of anilines is 1. The third-order valence-corrected chi connectivity index (χ3v) is 4.58. The number of likely N-dealkylation sites (tertiary alicyclic amines) is 1. The van der Waals surface area contributed by atoms with Crippen molar-refractivity contribution in [1.82, 2.24) is 4.90 Å². The molecule has 1 unspecified atom stereocenters. The second-order valence-electron chi connectivity index (χ2n) is 6.48. The Morgan fingerprint density at radius 1 is 0.962 bits per heavy atom. The van der Waals surface area contributed by atoms with Crippen LogP contribution in [0, 0.1) is 0 Å². The fourth-order valence-electron chi connectivity index (χ4n) is 3.32. The molecule has 1 N–H and O–H groups in total. The van der Waals surface area contributed by atoms with E-state index < -0.39 is 17.8 Å². The van der Waals surface area contributed by atoms with E-state index in [0.29, 0.717) is 0 Å². The van der Waals surface area contributed by atoms with Crippen LogP contribution in [0.15, 0.2) is 54.6 Å². The van der Waals surface area contributed by atoms with Crippen LogP contribution in [0.1, 0.15) is 36.4 Å². The third kappa shape index (κ3) is 4.43. The molecule has 0 aromatic heterocycles. The Morgan fingerprint density at radius 3 is 2.31 bits per heavy atom. The summed E-state index contributed by atoms with van der Waals surface area (Å²) in [5.74, 6) is -0.308. The van der Waals surface area contributed by atoms with Crippen molar-refractivity contribution >= 4 is 11.6 Å². The molecule has 3 rings (SSSR count). The summed E-state index contributed by atoms with van der Waals surface area (Å²) in [7, 11) is 0. The largest absolute Gasteiger partial charge is 0.416 e. The van der Waals surface area contributed by atoms with Gasteiger partial charge in [-0.05, 0) is 49.7 Å². The molecule has 6 heteroatoms. The lowest BCUT2D eigenvalue weighted by Gasteiger charge is -2.34. The number of hydrogen-bond acceptors (Lipinski definition) is 2. The number of nitrogens with one attached hydrogen (secondary N) is 1. The minimum absolute atomic E-state index is 0.155. The Labute approximate surface area is 150 Å². The third-order valence-electron chi connectivity index (χ3n) is 4.58. The van der Waals surface area contributed by atoms with Gasteiger partial charge < -0.3 is 5.32 Å². The summed E-state index contributed by atoms with van der Waals surface area (Å²) >= 11 is 0. The highest BCUT2D eigenvalue weighted by Crippen LogP contribution is 2.31. The SMILES string of the molecule is O=C(Nc1cccc(C(F)(F)F)c1)C(c1ccccc1)N1CCCCC1. The van der Waals surface area contributed by atoms with E-state index in [2.05, 4.69) is 10.2 Å². The van der Waals surface area contributed by atoms with Gasteiger partial charge in [-0.2, -0.15) is 13.2 Å². The van der Waals surface area contributed by atoms with Crippen LogP contribution in [0.25, 0.3) is 0 Å². The van der Waals surface area contributed by atoms with Crippen LogP contribution in [0.3, 0.4) is 0 Å². The molecule has 2 aromatic carbocycles. The molecule has 0 aliphatic carbocycles. The van der Waals surface area contributed by atoms with Crippen LogP contribution in [-0.4, -0.2) is 23.9 Å². The predicted octanol–water partition coefficient (Wildman–Crippen LogP) is 4.87. The van der Waals surface area contributed by atoms with Crippen LogP contribution in [0.2, 0.25) is 0 Å². The summed E-state index contributed by atoms with van der Waals surface area (Å²) in [6.07, 6.45) is -1.28. The zero-order valence-electron chi connectivity index (χ0n) is 14.3. The number of nitrogens with zero attached hydrogens (tertiary/aromatic N) is 1. The van der Waals surface area contributed by atoms with Gasteiger partial charge in [-0.25, -0.2) is 0 Å². The molecule has 1 heterocycles. The first-order chi connectivity index (χ1) is 12.4. The maximum Gasteiger partial charge on any atom is 0.416 e. The molecular formula is C20H21F3N2O. The van der Waals surface area contributed by atoms with Gasteiger partial charge in [0.1, 0.15) is 6.04 Å². The van der Waals surface area contributed by atoms with Crippen molar-refractivity contribution in [1.29, 1.82) is 0 Å². The Hall–Kier alpha value is -2.34. The lowest BCUT2D eigenvalue weighted by molar-refractivity contribution is -0.137. The number of carbonyl (C=O) groups excluding carboxylic acids is 1. The molecule has 0 saturated carbocycles. The standard InChI is InChI=1S/C20H21F3N2O/c21-20(22,23)16-10-7-11-17(14-16)24-19(26)18(15-8-3-1-4-9-15)25-12-5-2-6-13-25/h1,3-4,7-11,14,18H,2,5-6,12-13H2,(H,24,26). The Kier molecular flexibility index (Phi) is 5.61. The van der Waals surface area contributed by atoms with E-state index in [1.807, 2.05) is 30.3 Å². The van der Waals surface area contributed by atoms with Crippen molar-refractivity contribution in [2.24, 2.45) is 0 Å². The molecule has 3 nitrogen and oxygen atoms in total. The summed E-state index contributed by atoms with van der Waals surface area (Å²) in [6.45, 7) is 1.60. The summed E-state index contributed by atoms with van der Waals surface area (Å²) in [5.41, 5.74) is 0.228. The van der Waals surface area contributed by atoms with Crippen LogP contribution in [0.5, 0.6) is 0 Å². The van der Waals surface area contributed by atoms with Crippen molar-refractivity contribution in [3.05, 3.63) is 65.7 Å². The van der Waals surface area contributed by atoms with Crippen molar-refractivity contribution < 1.29 is 18.0 Å².